The van der Waals surface area contributed by atoms with Crippen molar-refractivity contribution in [3.05, 3.63) is 52.6 Å². The highest BCUT2D eigenvalue weighted by Gasteiger charge is 2.46. The molecule has 1 unspecified atom stereocenters. The molecule has 2 fully saturated rings. The minimum Gasteiger partial charge on any atom is -0.491 e. The second-order valence-electron chi connectivity index (χ2n) is 8.71. The molecule has 176 valence electrons. The van der Waals surface area contributed by atoms with Crippen LogP contribution in [0.1, 0.15) is 24.8 Å². The number of halogens is 1. The molecule has 0 spiro atoms. The molecule has 2 aliphatic carbocycles. The highest BCUT2D eigenvalue weighted by molar-refractivity contribution is 6.31. The van der Waals surface area contributed by atoms with E-state index in [1.54, 1.807) is 6.08 Å². The Kier molecular flexibility index (Phi) is 7.89. The van der Waals surface area contributed by atoms with E-state index in [4.69, 9.17) is 25.8 Å². The third kappa shape index (κ3) is 5.72. The first-order valence-electron chi connectivity index (χ1n) is 11.2. The maximum atomic E-state index is 10.4. The Morgan fingerprint density at radius 2 is 1.75 bits per heavy atom. The van der Waals surface area contributed by atoms with Gasteiger partial charge in [-0.25, -0.2) is 0 Å². The molecular weight excluding hydrogens is 436 g/mol. The average Bonchev–Trinajstić information content (AvgIpc) is 3.63. The van der Waals surface area contributed by atoms with Gasteiger partial charge in [-0.2, -0.15) is 0 Å². The van der Waals surface area contributed by atoms with Gasteiger partial charge in [0.05, 0.1) is 25.4 Å². The first kappa shape index (κ1) is 23.7. The third-order valence-electron chi connectivity index (χ3n) is 6.23. The maximum absolute atomic E-state index is 10.4. The van der Waals surface area contributed by atoms with Crippen molar-refractivity contribution in [2.75, 3.05) is 19.8 Å². The third-order valence-corrected chi connectivity index (χ3v) is 6.62. The molecule has 1 heterocycles. The summed E-state index contributed by atoms with van der Waals surface area (Å²) in [7, 11) is 0. The zero-order valence-electron chi connectivity index (χ0n) is 17.8. The van der Waals surface area contributed by atoms with Gasteiger partial charge in [-0.1, -0.05) is 29.8 Å². The fourth-order valence-corrected chi connectivity index (χ4v) is 4.42. The van der Waals surface area contributed by atoms with Crippen LogP contribution in [0.4, 0.5) is 0 Å². The van der Waals surface area contributed by atoms with E-state index in [0.29, 0.717) is 37.2 Å². The maximum Gasteiger partial charge on any atom is 0.119 e. The number of benzene rings is 1. The van der Waals surface area contributed by atoms with E-state index in [1.807, 2.05) is 30.3 Å². The van der Waals surface area contributed by atoms with Crippen LogP contribution < -0.4 is 4.74 Å². The summed E-state index contributed by atoms with van der Waals surface area (Å²) in [4.78, 5) is 0. The molecule has 0 bridgehead atoms. The van der Waals surface area contributed by atoms with E-state index in [-0.39, 0.29) is 5.92 Å². The lowest BCUT2D eigenvalue weighted by Gasteiger charge is -2.43. The van der Waals surface area contributed by atoms with Gasteiger partial charge < -0.3 is 34.6 Å². The van der Waals surface area contributed by atoms with E-state index < -0.39 is 37.1 Å². The molecule has 1 aromatic rings. The van der Waals surface area contributed by atoms with Gasteiger partial charge >= 0.3 is 0 Å². The van der Waals surface area contributed by atoms with Gasteiger partial charge in [-0.3, -0.25) is 0 Å². The van der Waals surface area contributed by atoms with Crippen LogP contribution in [0.2, 0.25) is 0 Å². The standard InChI is InChI=1S/C24H31ClO7/c25-19-8-3-15(24-23(29)22(28)21(27)20(13-26)32-24)12-16(19)11-14-1-4-17(5-2-14)30-9-10-31-18-6-7-18/h1-5,8,15,18,20-24,26-29H,6-7,9-13H2/t15?,20-,21-,22+,23-,24+/m1/s1. The number of hydrogen-bond acceptors (Lipinski definition) is 7. The van der Waals surface area contributed by atoms with E-state index in [1.165, 1.54) is 0 Å². The first-order valence-corrected chi connectivity index (χ1v) is 11.5. The van der Waals surface area contributed by atoms with E-state index in [9.17, 15) is 20.4 Å². The van der Waals surface area contributed by atoms with Crippen LogP contribution in [0.15, 0.2) is 47.0 Å². The van der Waals surface area contributed by atoms with Crippen molar-refractivity contribution >= 4 is 11.6 Å². The molecule has 7 nitrogen and oxygen atoms in total. The highest BCUT2D eigenvalue weighted by Crippen LogP contribution is 2.36. The fourth-order valence-electron chi connectivity index (χ4n) is 4.20. The van der Waals surface area contributed by atoms with E-state index in [0.717, 1.165) is 29.7 Å². The van der Waals surface area contributed by atoms with Crippen molar-refractivity contribution in [3.8, 4) is 5.75 Å². The lowest BCUT2D eigenvalue weighted by atomic mass is 9.81. The van der Waals surface area contributed by atoms with Crippen LogP contribution in [-0.2, 0) is 15.9 Å². The summed E-state index contributed by atoms with van der Waals surface area (Å²) in [5.41, 5.74) is 2.06. The summed E-state index contributed by atoms with van der Waals surface area (Å²) in [6, 6.07) is 7.84. The van der Waals surface area contributed by atoms with Crippen molar-refractivity contribution < 1.29 is 34.6 Å². The SMILES string of the molecule is OC[C@H]1O[C@@H](C2C=CC(Cl)=C(Cc3ccc(OCCOC4CC4)cc3)C2)[C@H](O)[C@@H](O)[C@@H]1O. The summed E-state index contributed by atoms with van der Waals surface area (Å²) < 4.78 is 17.0. The average molecular weight is 467 g/mol. The van der Waals surface area contributed by atoms with Gasteiger partial charge in [0.25, 0.3) is 0 Å². The lowest BCUT2D eigenvalue weighted by molar-refractivity contribution is -0.237. The van der Waals surface area contributed by atoms with Gasteiger partial charge in [0.1, 0.15) is 36.8 Å². The summed E-state index contributed by atoms with van der Waals surface area (Å²) in [6.07, 6.45) is 1.84. The Morgan fingerprint density at radius 1 is 1.00 bits per heavy atom. The number of allylic oxidation sites excluding steroid dienone is 3. The molecular formula is C24H31ClO7. The largest absolute Gasteiger partial charge is 0.491 e. The molecule has 0 aromatic heterocycles. The van der Waals surface area contributed by atoms with Crippen LogP contribution in [0.3, 0.4) is 0 Å². The summed E-state index contributed by atoms with van der Waals surface area (Å²) in [5.74, 6) is 0.545. The molecule has 4 N–H and O–H groups in total. The summed E-state index contributed by atoms with van der Waals surface area (Å²) in [5, 5.41) is 40.7. The topological polar surface area (TPSA) is 109 Å². The van der Waals surface area contributed by atoms with Gasteiger partial charge in [0.15, 0.2) is 0 Å². The van der Waals surface area contributed by atoms with Crippen LogP contribution in [0, 0.1) is 5.92 Å². The van der Waals surface area contributed by atoms with Crippen molar-refractivity contribution in [3.63, 3.8) is 0 Å². The summed E-state index contributed by atoms with van der Waals surface area (Å²) in [6.45, 7) is 0.682. The zero-order valence-corrected chi connectivity index (χ0v) is 18.6. The molecule has 1 aliphatic heterocycles. The molecule has 0 radical (unpaired) electrons. The quantitative estimate of drug-likeness (QED) is 0.410. The second kappa shape index (κ2) is 10.7. The van der Waals surface area contributed by atoms with Gasteiger partial charge in [-0.15, -0.1) is 0 Å². The monoisotopic (exact) mass is 466 g/mol. The number of aliphatic hydroxyl groups excluding tert-OH is 4. The second-order valence-corrected chi connectivity index (χ2v) is 9.12. The molecule has 6 atom stereocenters. The van der Waals surface area contributed by atoms with E-state index >= 15 is 0 Å². The van der Waals surface area contributed by atoms with Gasteiger partial charge in [-0.05, 0) is 55.0 Å². The minimum absolute atomic E-state index is 0.243. The van der Waals surface area contributed by atoms with Crippen LogP contribution >= 0.6 is 11.6 Å². The number of ether oxygens (including phenoxy) is 3. The predicted molar refractivity (Wildman–Crippen MR) is 119 cm³/mol. The number of rotatable bonds is 9. The van der Waals surface area contributed by atoms with E-state index in [2.05, 4.69) is 0 Å². The Labute approximate surface area is 192 Å². The number of aliphatic hydroxyl groups is 4. The van der Waals surface area contributed by atoms with Gasteiger partial charge in [0.2, 0.25) is 0 Å². The molecule has 1 saturated heterocycles. The Morgan fingerprint density at radius 3 is 2.44 bits per heavy atom. The summed E-state index contributed by atoms with van der Waals surface area (Å²) >= 11 is 6.45. The first-order chi connectivity index (χ1) is 15.5. The number of hydrogen-bond donors (Lipinski definition) is 4. The van der Waals surface area contributed by atoms with Crippen molar-refractivity contribution in [2.24, 2.45) is 5.92 Å². The molecule has 8 heteroatoms. The Bertz CT molecular complexity index is 818. The zero-order chi connectivity index (χ0) is 22.7. The molecule has 0 amide bonds. The molecule has 3 aliphatic rings. The predicted octanol–water partition coefficient (Wildman–Crippen LogP) is 1.70. The molecule has 32 heavy (non-hydrogen) atoms. The smallest absolute Gasteiger partial charge is 0.119 e. The van der Waals surface area contributed by atoms with Crippen molar-refractivity contribution in [1.29, 1.82) is 0 Å². The normalized spacial score (nSPS) is 32.9. The van der Waals surface area contributed by atoms with Gasteiger partial charge in [0, 0.05) is 11.0 Å². The molecule has 1 aromatic carbocycles. The molecule has 1 saturated carbocycles. The van der Waals surface area contributed by atoms with Crippen LogP contribution in [0.5, 0.6) is 5.75 Å². The Hall–Kier alpha value is -1.45. The van der Waals surface area contributed by atoms with Crippen molar-refractivity contribution in [1.82, 2.24) is 0 Å². The van der Waals surface area contributed by atoms with Crippen molar-refractivity contribution in [2.45, 2.75) is 62.3 Å². The minimum atomic E-state index is -1.38. The fraction of sp³-hybridized carbons (Fsp3) is 0.583. The molecule has 4 rings (SSSR count). The Balaban J connectivity index is 1.34. The van der Waals surface area contributed by atoms with Crippen LogP contribution in [-0.4, -0.2) is 76.9 Å². The lowest BCUT2D eigenvalue weighted by Crippen LogP contribution is -2.60. The highest BCUT2D eigenvalue weighted by atomic mass is 35.5. The van der Waals surface area contributed by atoms with Crippen LogP contribution in [0.25, 0.3) is 0 Å².